The second-order valence-electron chi connectivity index (χ2n) is 10.2. The normalized spacial score (nSPS) is 18.9. The van der Waals surface area contributed by atoms with Gasteiger partial charge in [-0.15, -0.1) is 0 Å². The number of methoxy groups -OCH3 is 1. The first-order valence-electron chi connectivity index (χ1n) is 11.8. The summed E-state index contributed by atoms with van der Waals surface area (Å²) >= 11 is 6.21. The first-order valence-corrected chi connectivity index (χ1v) is 12.2. The monoisotopic (exact) mass is 503 g/mol. The van der Waals surface area contributed by atoms with Crippen molar-refractivity contribution in [3.8, 4) is 11.8 Å². The van der Waals surface area contributed by atoms with Gasteiger partial charge in [0.1, 0.15) is 18.0 Å². The van der Waals surface area contributed by atoms with Crippen molar-refractivity contribution in [2.24, 2.45) is 11.3 Å². The van der Waals surface area contributed by atoms with Crippen LogP contribution in [0.4, 0.5) is 0 Å². The molecule has 35 heavy (non-hydrogen) atoms. The van der Waals surface area contributed by atoms with Gasteiger partial charge in [0.15, 0.2) is 0 Å². The Balaban J connectivity index is 1.75. The second-order valence-corrected chi connectivity index (χ2v) is 10.6. The Kier molecular flexibility index (Phi) is 8.65. The standard InChI is InChI=1S/C25H34ClN5O4/c1-25(2,3)12-20(24(34)29-15(13-27)10-14-6-5-9-28-22(14)32)31-23(33)19-11-16-18(30-19)8-7-17(26)21(16)35-4/h7-8,11,14-15,20,23,30-31,33H,5-6,9-10,12H2,1-4H3,(H,28,32)(H,29,34). The van der Waals surface area contributed by atoms with E-state index in [-0.39, 0.29) is 23.7 Å². The summed E-state index contributed by atoms with van der Waals surface area (Å²) in [6.07, 6.45) is 1.02. The van der Waals surface area contributed by atoms with E-state index in [1.807, 2.05) is 20.8 Å². The summed E-state index contributed by atoms with van der Waals surface area (Å²) in [6.45, 7) is 6.61. The highest BCUT2D eigenvalue weighted by Crippen LogP contribution is 2.34. The molecule has 0 bridgehead atoms. The van der Waals surface area contributed by atoms with E-state index in [1.54, 1.807) is 18.2 Å². The molecule has 1 aromatic heterocycles. The Labute approximate surface area is 210 Å². The number of piperidine rings is 1. The third kappa shape index (κ3) is 6.88. The Hall–Kier alpha value is -2.80. The van der Waals surface area contributed by atoms with Crippen molar-refractivity contribution in [2.45, 2.75) is 64.8 Å². The van der Waals surface area contributed by atoms with Gasteiger partial charge < -0.3 is 25.5 Å². The lowest BCUT2D eigenvalue weighted by atomic mass is 9.87. The fraction of sp³-hybridized carbons (Fsp3) is 0.560. The molecule has 2 aromatic rings. The molecule has 3 rings (SSSR count). The maximum atomic E-state index is 13.2. The van der Waals surface area contributed by atoms with Gasteiger partial charge in [-0.1, -0.05) is 32.4 Å². The fourth-order valence-corrected chi connectivity index (χ4v) is 4.65. The highest BCUT2D eigenvalue weighted by Gasteiger charge is 2.31. The molecule has 0 aliphatic carbocycles. The first-order chi connectivity index (χ1) is 16.5. The average Bonchev–Trinajstić information content (AvgIpc) is 3.23. The number of aliphatic hydroxyl groups is 1. The predicted octanol–water partition coefficient (Wildman–Crippen LogP) is 3.14. The average molecular weight is 504 g/mol. The van der Waals surface area contributed by atoms with E-state index in [9.17, 15) is 20.0 Å². The van der Waals surface area contributed by atoms with Gasteiger partial charge in [0.25, 0.3) is 0 Å². The number of aliphatic hydroxyl groups excluding tert-OH is 1. The number of nitrogens with zero attached hydrogens (tertiary/aromatic N) is 1. The molecule has 0 spiro atoms. The number of H-pyrrole nitrogens is 1. The van der Waals surface area contributed by atoms with Gasteiger partial charge in [-0.25, -0.2) is 0 Å². The zero-order valence-corrected chi connectivity index (χ0v) is 21.3. The van der Waals surface area contributed by atoms with E-state index in [2.05, 4.69) is 27.0 Å². The van der Waals surface area contributed by atoms with Crippen molar-refractivity contribution >= 4 is 34.3 Å². The number of ether oxygens (including phenoxy) is 1. The Morgan fingerprint density at radius 2 is 2.14 bits per heavy atom. The number of hydrogen-bond acceptors (Lipinski definition) is 6. The van der Waals surface area contributed by atoms with Gasteiger partial charge in [-0.05, 0) is 49.3 Å². The maximum Gasteiger partial charge on any atom is 0.238 e. The van der Waals surface area contributed by atoms with E-state index >= 15 is 0 Å². The molecule has 2 amide bonds. The summed E-state index contributed by atoms with van der Waals surface area (Å²) in [4.78, 5) is 28.4. The highest BCUT2D eigenvalue weighted by atomic mass is 35.5. The Morgan fingerprint density at radius 3 is 2.77 bits per heavy atom. The van der Waals surface area contributed by atoms with Gasteiger partial charge >= 0.3 is 0 Å². The highest BCUT2D eigenvalue weighted by molar-refractivity contribution is 6.33. The van der Waals surface area contributed by atoms with Crippen molar-refractivity contribution in [3.63, 3.8) is 0 Å². The molecular formula is C25H34ClN5O4. The Morgan fingerprint density at radius 1 is 1.40 bits per heavy atom. The van der Waals surface area contributed by atoms with Gasteiger partial charge in [-0.2, -0.15) is 5.26 Å². The Bertz CT molecular complexity index is 1100. The minimum Gasteiger partial charge on any atom is -0.494 e. The SMILES string of the molecule is COc1c(Cl)ccc2[nH]c(C(O)NC(CC(C)(C)C)C(=O)NC(C#N)CC3CCCNC3=O)cc12. The molecule has 5 N–H and O–H groups in total. The van der Waals surface area contributed by atoms with Gasteiger partial charge in [0, 0.05) is 23.4 Å². The topological polar surface area (TPSA) is 139 Å². The van der Waals surface area contributed by atoms with Crippen LogP contribution in [0.3, 0.4) is 0 Å². The molecule has 0 radical (unpaired) electrons. The first kappa shape index (κ1) is 26.8. The molecular weight excluding hydrogens is 470 g/mol. The van der Waals surface area contributed by atoms with Gasteiger partial charge in [-0.3, -0.25) is 14.9 Å². The molecule has 190 valence electrons. The molecule has 9 nitrogen and oxygen atoms in total. The summed E-state index contributed by atoms with van der Waals surface area (Å²) in [6, 6.07) is 5.73. The molecule has 1 aliphatic rings. The number of halogens is 1. The second kappa shape index (κ2) is 11.3. The lowest BCUT2D eigenvalue weighted by Crippen LogP contribution is -2.51. The van der Waals surface area contributed by atoms with Crippen molar-refractivity contribution in [1.29, 1.82) is 5.26 Å². The molecule has 4 unspecified atom stereocenters. The third-order valence-corrected chi connectivity index (χ3v) is 6.41. The van der Waals surface area contributed by atoms with Crippen molar-refractivity contribution in [2.75, 3.05) is 13.7 Å². The van der Waals surface area contributed by atoms with Crippen LogP contribution in [-0.2, 0) is 9.59 Å². The van der Waals surface area contributed by atoms with Gasteiger partial charge in [0.2, 0.25) is 11.8 Å². The number of benzene rings is 1. The number of hydrogen-bond donors (Lipinski definition) is 5. The van der Waals surface area contributed by atoms with E-state index in [0.717, 1.165) is 11.9 Å². The molecule has 2 heterocycles. The molecule has 1 aliphatic heterocycles. The van der Waals surface area contributed by atoms with Crippen LogP contribution >= 0.6 is 11.6 Å². The van der Waals surface area contributed by atoms with Crippen LogP contribution < -0.4 is 20.7 Å². The largest absolute Gasteiger partial charge is 0.494 e. The van der Waals surface area contributed by atoms with Crippen LogP contribution in [-0.4, -0.2) is 47.6 Å². The number of aromatic nitrogens is 1. The summed E-state index contributed by atoms with van der Waals surface area (Å²) in [5, 5.41) is 30.3. The lowest BCUT2D eigenvalue weighted by molar-refractivity contribution is -0.128. The number of nitriles is 1. The third-order valence-electron chi connectivity index (χ3n) is 6.11. The maximum absolute atomic E-state index is 13.2. The number of aromatic amines is 1. The summed E-state index contributed by atoms with van der Waals surface area (Å²) in [7, 11) is 1.52. The van der Waals surface area contributed by atoms with Crippen LogP contribution in [0.2, 0.25) is 5.02 Å². The summed E-state index contributed by atoms with van der Waals surface area (Å²) < 4.78 is 5.39. The minimum atomic E-state index is -1.19. The number of carbonyl (C=O) groups excluding carboxylic acids is 2. The molecule has 1 saturated heterocycles. The van der Waals surface area contributed by atoms with Crippen LogP contribution in [0.5, 0.6) is 5.75 Å². The van der Waals surface area contributed by atoms with Crippen molar-refractivity contribution in [1.82, 2.24) is 20.9 Å². The number of amides is 2. The van der Waals surface area contributed by atoms with E-state index in [4.69, 9.17) is 16.3 Å². The molecule has 4 atom stereocenters. The minimum absolute atomic E-state index is 0.0834. The van der Waals surface area contributed by atoms with E-state index in [1.165, 1.54) is 7.11 Å². The van der Waals surface area contributed by atoms with Crippen molar-refractivity contribution in [3.05, 3.63) is 28.9 Å². The predicted molar refractivity (Wildman–Crippen MR) is 134 cm³/mol. The zero-order chi connectivity index (χ0) is 25.8. The van der Waals surface area contributed by atoms with Crippen LogP contribution in [0.15, 0.2) is 18.2 Å². The van der Waals surface area contributed by atoms with Crippen LogP contribution in [0.25, 0.3) is 10.9 Å². The molecule has 1 aromatic carbocycles. The lowest BCUT2D eigenvalue weighted by Gasteiger charge is -2.29. The number of fused-ring (bicyclic) bond motifs is 1. The molecule has 10 heteroatoms. The summed E-state index contributed by atoms with van der Waals surface area (Å²) in [5.74, 6) is -0.300. The van der Waals surface area contributed by atoms with E-state index < -0.39 is 24.2 Å². The number of nitrogens with one attached hydrogen (secondary N) is 4. The fourth-order valence-electron chi connectivity index (χ4n) is 4.41. The van der Waals surface area contributed by atoms with Gasteiger partial charge in [0.05, 0.1) is 29.9 Å². The van der Waals surface area contributed by atoms with E-state index in [0.29, 0.717) is 41.2 Å². The summed E-state index contributed by atoms with van der Waals surface area (Å²) in [5.41, 5.74) is 0.939. The molecule has 0 saturated carbocycles. The van der Waals surface area contributed by atoms with Crippen LogP contribution in [0, 0.1) is 22.7 Å². The molecule has 1 fully saturated rings. The quantitative estimate of drug-likeness (QED) is 0.333. The zero-order valence-electron chi connectivity index (χ0n) is 20.6. The van der Waals surface area contributed by atoms with Crippen LogP contribution in [0.1, 0.15) is 58.4 Å². The number of rotatable bonds is 9. The smallest absolute Gasteiger partial charge is 0.238 e. The van der Waals surface area contributed by atoms with Crippen molar-refractivity contribution < 1.29 is 19.4 Å². The number of carbonyl (C=O) groups is 2.